The number of carbonyl (C=O) groups excluding carboxylic acids is 2. The first-order chi connectivity index (χ1) is 13.5. The van der Waals surface area contributed by atoms with E-state index in [-0.39, 0.29) is 24.3 Å². The molecule has 0 aliphatic heterocycles. The summed E-state index contributed by atoms with van der Waals surface area (Å²) in [4.78, 5) is 27.5. The van der Waals surface area contributed by atoms with Crippen LogP contribution in [-0.2, 0) is 22.6 Å². The van der Waals surface area contributed by atoms with Gasteiger partial charge in [0.05, 0.1) is 6.42 Å². The lowest BCUT2D eigenvalue weighted by Gasteiger charge is -2.31. The van der Waals surface area contributed by atoms with E-state index < -0.39 is 11.9 Å². The molecule has 5 heteroatoms. The van der Waals surface area contributed by atoms with Crippen molar-refractivity contribution in [1.82, 2.24) is 10.2 Å². The number of benzene rings is 2. The highest BCUT2D eigenvalue weighted by molar-refractivity contribution is 5.88. The van der Waals surface area contributed by atoms with E-state index in [9.17, 15) is 14.0 Å². The van der Waals surface area contributed by atoms with Gasteiger partial charge < -0.3 is 10.2 Å². The zero-order valence-corrected chi connectivity index (χ0v) is 16.8. The van der Waals surface area contributed by atoms with Crippen LogP contribution in [0.5, 0.6) is 0 Å². The first-order valence-electron chi connectivity index (χ1n) is 9.83. The van der Waals surface area contributed by atoms with Gasteiger partial charge in [-0.25, -0.2) is 4.39 Å². The normalized spacial score (nSPS) is 12.9. The van der Waals surface area contributed by atoms with Crippen molar-refractivity contribution >= 4 is 11.8 Å². The van der Waals surface area contributed by atoms with E-state index in [4.69, 9.17) is 0 Å². The maximum Gasteiger partial charge on any atom is 0.243 e. The van der Waals surface area contributed by atoms with Crippen molar-refractivity contribution in [3.8, 4) is 0 Å². The monoisotopic (exact) mass is 384 g/mol. The van der Waals surface area contributed by atoms with E-state index >= 15 is 0 Å². The maximum absolute atomic E-state index is 14.0. The second-order valence-corrected chi connectivity index (χ2v) is 7.02. The largest absolute Gasteiger partial charge is 0.352 e. The van der Waals surface area contributed by atoms with E-state index in [0.717, 1.165) is 12.0 Å². The average Bonchev–Trinajstić information content (AvgIpc) is 2.70. The number of carbonyl (C=O) groups is 2. The van der Waals surface area contributed by atoms with E-state index in [1.165, 1.54) is 6.07 Å². The van der Waals surface area contributed by atoms with Gasteiger partial charge in [0.15, 0.2) is 0 Å². The number of nitrogens with zero attached hydrogens (tertiary/aromatic N) is 1. The van der Waals surface area contributed by atoms with Gasteiger partial charge >= 0.3 is 0 Å². The molecule has 2 atom stereocenters. The Bertz CT molecular complexity index is 779. The summed E-state index contributed by atoms with van der Waals surface area (Å²) in [5, 5.41) is 2.97. The molecule has 0 spiro atoms. The third kappa shape index (κ3) is 5.91. The Balaban J connectivity index is 2.27. The van der Waals surface area contributed by atoms with Crippen molar-refractivity contribution in [3.05, 3.63) is 71.5 Å². The second kappa shape index (κ2) is 10.6. The molecule has 0 saturated carbocycles. The van der Waals surface area contributed by atoms with Gasteiger partial charge in [0.25, 0.3) is 0 Å². The lowest BCUT2D eigenvalue weighted by molar-refractivity contribution is -0.141. The Kier molecular flexibility index (Phi) is 8.18. The topological polar surface area (TPSA) is 49.4 Å². The molecule has 150 valence electrons. The molecule has 2 rings (SSSR count). The lowest BCUT2D eigenvalue weighted by atomic mass is 10.1. The van der Waals surface area contributed by atoms with E-state index in [1.54, 1.807) is 23.1 Å². The van der Waals surface area contributed by atoms with Crippen LogP contribution < -0.4 is 5.32 Å². The van der Waals surface area contributed by atoms with E-state index in [0.29, 0.717) is 18.5 Å². The summed E-state index contributed by atoms with van der Waals surface area (Å²) >= 11 is 0. The highest BCUT2D eigenvalue weighted by atomic mass is 19.1. The van der Waals surface area contributed by atoms with Gasteiger partial charge in [0, 0.05) is 12.6 Å². The van der Waals surface area contributed by atoms with Gasteiger partial charge in [0.1, 0.15) is 11.9 Å². The fraction of sp³-hybridized carbons (Fsp3) is 0.391. The Morgan fingerprint density at radius 2 is 1.64 bits per heavy atom. The van der Waals surface area contributed by atoms with Crippen LogP contribution in [0.25, 0.3) is 0 Å². The molecule has 0 aromatic heterocycles. The summed E-state index contributed by atoms with van der Waals surface area (Å²) in [6.07, 6.45) is 1.22. The van der Waals surface area contributed by atoms with Crippen LogP contribution in [0, 0.1) is 5.82 Å². The molecule has 2 amide bonds. The Hall–Kier alpha value is -2.69. The first-order valence-corrected chi connectivity index (χ1v) is 9.83. The quantitative estimate of drug-likeness (QED) is 0.708. The molecule has 0 aliphatic carbocycles. The lowest BCUT2D eigenvalue weighted by Crippen LogP contribution is -2.51. The van der Waals surface area contributed by atoms with Crippen molar-refractivity contribution in [3.63, 3.8) is 0 Å². The molecule has 2 aromatic carbocycles. The van der Waals surface area contributed by atoms with Gasteiger partial charge in [-0.2, -0.15) is 0 Å². The Labute approximate surface area is 166 Å². The highest BCUT2D eigenvalue weighted by Crippen LogP contribution is 2.16. The number of amides is 2. The zero-order chi connectivity index (χ0) is 20.5. The van der Waals surface area contributed by atoms with Crippen molar-refractivity contribution in [2.75, 3.05) is 0 Å². The molecular weight excluding hydrogens is 355 g/mol. The van der Waals surface area contributed by atoms with Crippen molar-refractivity contribution in [2.45, 2.75) is 58.7 Å². The average molecular weight is 384 g/mol. The molecule has 0 aliphatic rings. The smallest absolute Gasteiger partial charge is 0.243 e. The molecule has 0 fully saturated rings. The third-order valence-corrected chi connectivity index (χ3v) is 4.88. The summed E-state index contributed by atoms with van der Waals surface area (Å²) in [5.41, 5.74) is 1.27. The second-order valence-electron chi connectivity index (χ2n) is 7.02. The first kappa shape index (κ1) is 21.6. The van der Waals surface area contributed by atoms with Gasteiger partial charge in [-0.1, -0.05) is 62.4 Å². The molecule has 2 aromatic rings. The number of halogens is 1. The third-order valence-electron chi connectivity index (χ3n) is 4.88. The summed E-state index contributed by atoms with van der Waals surface area (Å²) in [5.74, 6) is -0.845. The van der Waals surface area contributed by atoms with Crippen molar-refractivity contribution < 1.29 is 14.0 Å². The highest BCUT2D eigenvalue weighted by Gasteiger charge is 2.29. The molecule has 0 saturated heterocycles. The maximum atomic E-state index is 14.0. The molecular formula is C23H29FN2O2. The molecule has 0 heterocycles. The summed E-state index contributed by atoms with van der Waals surface area (Å²) < 4.78 is 14.0. The van der Waals surface area contributed by atoms with Crippen LogP contribution in [0.15, 0.2) is 54.6 Å². The fourth-order valence-corrected chi connectivity index (χ4v) is 3.05. The molecule has 0 radical (unpaired) electrons. The van der Waals surface area contributed by atoms with Crippen LogP contribution in [0.2, 0.25) is 0 Å². The number of hydrogen-bond donors (Lipinski definition) is 1. The number of nitrogens with one attached hydrogen (secondary N) is 1. The summed E-state index contributed by atoms with van der Waals surface area (Å²) in [6.45, 7) is 6.13. The van der Waals surface area contributed by atoms with Gasteiger partial charge in [-0.15, -0.1) is 0 Å². The van der Waals surface area contributed by atoms with E-state index in [2.05, 4.69) is 5.32 Å². The molecule has 1 N–H and O–H groups in total. The minimum Gasteiger partial charge on any atom is -0.352 e. The summed E-state index contributed by atoms with van der Waals surface area (Å²) in [6, 6.07) is 15.2. The van der Waals surface area contributed by atoms with Crippen molar-refractivity contribution in [2.24, 2.45) is 0 Å². The minimum absolute atomic E-state index is 0.0294. The van der Waals surface area contributed by atoms with Crippen LogP contribution in [0.3, 0.4) is 0 Å². The zero-order valence-electron chi connectivity index (χ0n) is 16.8. The Morgan fingerprint density at radius 1 is 1.00 bits per heavy atom. The van der Waals surface area contributed by atoms with E-state index in [1.807, 2.05) is 51.1 Å². The summed E-state index contributed by atoms with van der Waals surface area (Å²) in [7, 11) is 0. The molecule has 0 unspecified atom stereocenters. The Morgan fingerprint density at radius 3 is 2.25 bits per heavy atom. The van der Waals surface area contributed by atoms with Gasteiger partial charge in [0.2, 0.25) is 11.8 Å². The fourth-order valence-electron chi connectivity index (χ4n) is 3.05. The van der Waals surface area contributed by atoms with Crippen LogP contribution >= 0.6 is 0 Å². The molecule has 0 bridgehead atoms. The van der Waals surface area contributed by atoms with Crippen LogP contribution in [-0.4, -0.2) is 28.8 Å². The van der Waals surface area contributed by atoms with Crippen LogP contribution in [0.4, 0.5) is 4.39 Å². The predicted octanol–water partition coefficient (Wildman–Crippen LogP) is 4.09. The van der Waals surface area contributed by atoms with Crippen molar-refractivity contribution in [1.29, 1.82) is 0 Å². The predicted molar refractivity (Wildman–Crippen MR) is 109 cm³/mol. The number of rotatable bonds is 9. The number of hydrogen-bond acceptors (Lipinski definition) is 2. The van der Waals surface area contributed by atoms with Gasteiger partial charge in [-0.05, 0) is 37.0 Å². The SMILES string of the molecule is CC[C@@H](C)NC(=O)[C@@H](CC)N(Cc1ccccc1)C(=O)Cc1ccccc1F. The molecule has 28 heavy (non-hydrogen) atoms. The standard InChI is InChI=1S/C23H29FN2O2/c1-4-17(3)25-23(28)21(5-2)26(16-18-11-7-6-8-12-18)22(27)15-19-13-9-10-14-20(19)24/h6-14,17,21H,4-5,15-16H2,1-3H3,(H,25,28)/t17-,21-/m1/s1. The minimum atomic E-state index is -0.603. The van der Waals surface area contributed by atoms with Crippen LogP contribution in [0.1, 0.15) is 44.7 Å². The van der Waals surface area contributed by atoms with Gasteiger partial charge in [-0.3, -0.25) is 9.59 Å². The molecule has 4 nitrogen and oxygen atoms in total.